The van der Waals surface area contributed by atoms with Gasteiger partial charge >= 0.3 is 0 Å². The van der Waals surface area contributed by atoms with Gasteiger partial charge in [0.2, 0.25) is 0 Å². The van der Waals surface area contributed by atoms with Crippen LogP contribution in [0.4, 0.5) is 10.1 Å². The van der Waals surface area contributed by atoms with Crippen molar-refractivity contribution in [2.45, 2.75) is 0 Å². The molecule has 0 atom stereocenters. The van der Waals surface area contributed by atoms with Crippen LogP contribution >= 0.6 is 31.9 Å². The predicted molar refractivity (Wildman–Crippen MR) is 60.5 cm³/mol. The Morgan fingerprint density at radius 2 is 1.92 bits per heavy atom. The summed E-state index contributed by atoms with van der Waals surface area (Å²) >= 11 is 6.52. The van der Waals surface area contributed by atoms with Crippen molar-refractivity contribution in [1.29, 1.82) is 0 Å². The highest BCUT2D eigenvalue weighted by Gasteiger charge is 2.05. The molecule has 0 aliphatic heterocycles. The van der Waals surface area contributed by atoms with Crippen LogP contribution in [0.15, 0.2) is 33.7 Å². The van der Waals surface area contributed by atoms with Crippen molar-refractivity contribution in [1.82, 2.24) is 0 Å². The van der Waals surface area contributed by atoms with Crippen LogP contribution in [0, 0.1) is 5.82 Å². The van der Waals surface area contributed by atoms with Gasteiger partial charge in [0.05, 0.1) is 5.69 Å². The number of hydrogen-bond donors (Lipinski definition) is 1. The van der Waals surface area contributed by atoms with E-state index in [0.717, 1.165) is 5.69 Å². The minimum atomic E-state index is -0.275. The van der Waals surface area contributed by atoms with E-state index in [-0.39, 0.29) is 5.82 Å². The van der Waals surface area contributed by atoms with Gasteiger partial charge in [0.25, 0.3) is 0 Å². The van der Waals surface area contributed by atoms with Gasteiger partial charge in [0.1, 0.15) is 5.82 Å². The van der Waals surface area contributed by atoms with E-state index in [1.54, 1.807) is 6.08 Å². The van der Waals surface area contributed by atoms with E-state index in [4.69, 9.17) is 0 Å². The molecule has 0 bridgehead atoms. The molecule has 0 unspecified atom stereocenters. The highest BCUT2D eigenvalue weighted by atomic mass is 79.9. The van der Waals surface area contributed by atoms with E-state index in [1.165, 1.54) is 12.1 Å². The van der Waals surface area contributed by atoms with Crippen LogP contribution in [0.1, 0.15) is 0 Å². The molecular weight excluding hydrogens is 301 g/mol. The van der Waals surface area contributed by atoms with Crippen LogP contribution in [0.3, 0.4) is 0 Å². The van der Waals surface area contributed by atoms with E-state index < -0.39 is 0 Å². The highest BCUT2D eigenvalue weighted by molar-refractivity contribution is 9.11. The van der Waals surface area contributed by atoms with E-state index in [2.05, 4.69) is 43.8 Å². The molecule has 0 aromatic heterocycles. The number of nitrogens with one attached hydrogen (secondary N) is 1. The number of hydrogen-bond acceptors (Lipinski definition) is 1. The van der Waals surface area contributed by atoms with E-state index in [0.29, 0.717) is 15.5 Å². The second-order valence-electron chi connectivity index (χ2n) is 2.41. The Morgan fingerprint density at radius 3 is 2.38 bits per heavy atom. The smallest absolute Gasteiger partial charge is 0.125 e. The summed E-state index contributed by atoms with van der Waals surface area (Å²) in [7, 11) is 0. The third-order valence-corrected chi connectivity index (χ3v) is 2.68. The number of benzene rings is 1. The van der Waals surface area contributed by atoms with Crippen molar-refractivity contribution in [3.63, 3.8) is 0 Å². The molecule has 13 heavy (non-hydrogen) atoms. The minimum absolute atomic E-state index is 0.275. The average Bonchev–Trinajstić information content (AvgIpc) is 2.02. The van der Waals surface area contributed by atoms with Gasteiger partial charge < -0.3 is 5.32 Å². The molecule has 4 heteroatoms. The summed E-state index contributed by atoms with van der Waals surface area (Å²) in [6.45, 7) is 4.23. The normalized spacial score (nSPS) is 9.77. The molecule has 0 spiro atoms. The van der Waals surface area contributed by atoms with Crippen molar-refractivity contribution in [2.24, 2.45) is 0 Å². The molecular formula is C9H8Br2FN. The van der Waals surface area contributed by atoms with Gasteiger partial charge in [-0.1, -0.05) is 6.08 Å². The minimum Gasteiger partial charge on any atom is -0.380 e. The third-order valence-electron chi connectivity index (χ3n) is 1.43. The Morgan fingerprint density at radius 1 is 1.38 bits per heavy atom. The summed E-state index contributed by atoms with van der Waals surface area (Å²) < 4.78 is 14.2. The second-order valence-corrected chi connectivity index (χ2v) is 4.12. The number of rotatable bonds is 3. The van der Waals surface area contributed by atoms with Crippen LogP contribution in [-0.2, 0) is 0 Å². The fourth-order valence-electron chi connectivity index (χ4n) is 0.885. The lowest BCUT2D eigenvalue weighted by Gasteiger charge is -2.08. The lowest BCUT2D eigenvalue weighted by Crippen LogP contribution is -1.99. The summed E-state index contributed by atoms with van der Waals surface area (Å²) in [5.41, 5.74) is 0.835. The molecule has 1 aromatic carbocycles. The van der Waals surface area contributed by atoms with Crippen LogP contribution in [-0.4, -0.2) is 6.54 Å². The van der Waals surface area contributed by atoms with Crippen molar-refractivity contribution >= 4 is 37.5 Å². The second kappa shape index (κ2) is 4.77. The molecule has 1 N–H and O–H groups in total. The molecule has 0 radical (unpaired) electrons. The molecule has 0 aliphatic carbocycles. The van der Waals surface area contributed by atoms with Crippen molar-refractivity contribution in [2.75, 3.05) is 11.9 Å². The maximum Gasteiger partial charge on any atom is 0.125 e. The Labute approximate surface area is 93.3 Å². The molecule has 0 amide bonds. The Bertz CT molecular complexity index is 302. The largest absolute Gasteiger partial charge is 0.380 e. The average molecular weight is 309 g/mol. The lowest BCUT2D eigenvalue weighted by atomic mass is 10.3. The molecule has 70 valence electrons. The fraction of sp³-hybridized carbons (Fsp3) is 0.111. The summed E-state index contributed by atoms with van der Waals surface area (Å²) in [6.07, 6.45) is 1.74. The summed E-state index contributed by atoms with van der Waals surface area (Å²) in [6, 6.07) is 2.83. The van der Waals surface area contributed by atoms with Crippen LogP contribution in [0.5, 0.6) is 0 Å². The first-order valence-electron chi connectivity index (χ1n) is 3.64. The zero-order valence-electron chi connectivity index (χ0n) is 6.78. The quantitative estimate of drug-likeness (QED) is 0.834. The summed E-state index contributed by atoms with van der Waals surface area (Å²) in [5.74, 6) is -0.275. The zero-order chi connectivity index (χ0) is 9.84. The van der Waals surface area contributed by atoms with Gasteiger partial charge in [-0.2, -0.15) is 0 Å². The first-order valence-corrected chi connectivity index (χ1v) is 5.23. The maximum absolute atomic E-state index is 12.8. The first-order chi connectivity index (χ1) is 6.15. The topological polar surface area (TPSA) is 12.0 Å². The Balaban J connectivity index is 2.98. The zero-order valence-corrected chi connectivity index (χ0v) is 9.95. The van der Waals surface area contributed by atoms with E-state index in [1.807, 2.05) is 0 Å². The highest BCUT2D eigenvalue weighted by Crippen LogP contribution is 2.31. The standard InChI is InChI=1S/C9H8Br2FN/c1-2-3-13-9-7(10)4-6(12)5-8(9)11/h2,4-5,13H,1,3H2. The molecule has 1 aromatic rings. The van der Waals surface area contributed by atoms with Crippen molar-refractivity contribution < 1.29 is 4.39 Å². The SMILES string of the molecule is C=CCNc1c(Br)cc(F)cc1Br. The lowest BCUT2D eigenvalue weighted by molar-refractivity contribution is 0.626. The molecule has 0 fully saturated rings. The monoisotopic (exact) mass is 307 g/mol. The molecule has 0 heterocycles. The van der Waals surface area contributed by atoms with Gasteiger partial charge in [-0.05, 0) is 44.0 Å². The van der Waals surface area contributed by atoms with Crippen LogP contribution in [0.2, 0.25) is 0 Å². The summed E-state index contributed by atoms with van der Waals surface area (Å²) in [4.78, 5) is 0. The number of halogens is 3. The van der Waals surface area contributed by atoms with Crippen molar-refractivity contribution in [3.8, 4) is 0 Å². The molecule has 0 saturated heterocycles. The number of anilines is 1. The van der Waals surface area contributed by atoms with E-state index in [9.17, 15) is 4.39 Å². The Hall–Kier alpha value is -0.350. The van der Waals surface area contributed by atoms with Gasteiger partial charge in [-0.25, -0.2) is 4.39 Å². The molecule has 1 nitrogen and oxygen atoms in total. The Kier molecular flexibility index (Phi) is 3.93. The van der Waals surface area contributed by atoms with Gasteiger partial charge in [-0.3, -0.25) is 0 Å². The molecule has 0 aliphatic rings. The van der Waals surface area contributed by atoms with Crippen LogP contribution < -0.4 is 5.32 Å². The van der Waals surface area contributed by atoms with E-state index >= 15 is 0 Å². The van der Waals surface area contributed by atoms with Crippen molar-refractivity contribution in [3.05, 3.63) is 39.6 Å². The first kappa shape index (κ1) is 10.7. The molecule has 1 rings (SSSR count). The maximum atomic E-state index is 12.8. The third kappa shape index (κ3) is 2.81. The van der Waals surface area contributed by atoms with Crippen LogP contribution in [0.25, 0.3) is 0 Å². The fourth-order valence-corrected chi connectivity index (χ4v) is 2.30. The molecule has 0 saturated carbocycles. The van der Waals surface area contributed by atoms with Gasteiger partial charge in [-0.15, -0.1) is 6.58 Å². The predicted octanol–water partition coefficient (Wildman–Crippen LogP) is 3.95. The van der Waals surface area contributed by atoms with Gasteiger partial charge in [0, 0.05) is 15.5 Å². The summed E-state index contributed by atoms with van der Waals surface area (Å²) in [5, 5.41) is 3.08. The van der Waals surface area contributed by atoms with Gasteiger partial charge in [0.15, 0.2) is 0 Å².